The molecule has 0 aliphatic rings. The highest BCUT2D eigenvalue weighted by Crippen LogP contribution is 2.31. The van der Waals surface area contributed by atoms with Gasteiger partial charge in [0.2, 0.25) is 0 Å². The third-order valence-electron chi connectivity index (χ3n) is 3.00. The Labute approximate surface area is 130 Å². The third kappa shape index (κ3) is 5.02. The molecular weight excluding hydrogens is 378 g/mol. The van der Waals surface area contributed by atoms with Gasteiger partial charge in [0.05, 0.1) is 13.1 Å². The summed E-state index contributed by atoms with van der Waals surface area (Å²) < 4.78 is 1.85. The lowest BCUT2D eigenvalue weighted by molar-refractivity contribution is 0.0945. The maximum absolute atomic E-state index is 12.0. The van der Waals surface area contributed by atoms with Crippen molar-refractivity contribution in [3.63, 3.8) is 0 Å². The highest BCUT2D eigenvalue weighted by Gasteiger charge is 2.14. The van der Waals surface area contributed by atoms with Gasteiger partial charge in [0, 0.05) is 6.54 Å². The summed E-state index contributed by atoms with van der Waals surface area (Å²) in [6, 6.07) is 1.86. The van der Waals surface area contributed by atoms with Crippen molar-refractivity contribution in [3.05, 3.63) is 19.2 Å². The second kappa shape index (κ2) is 8.33. The van der Waals surface area contributed by atoms with E-state index in [4.69, 9.17) is 0 Å². The van der Waals surface area contributed by atoms with Crippen LogP contribution in [0.1, 0.15) is 49.9 Å². The Morgan fingerprint density at radius 1 is 1.44 bits per heavy atom. The van der Waals surface area contributed by atoms with Crippen molar-refractivity contribution in [1.29, 1.82) is 0 Å². The van der Waals surface area contributed by atoms with Crippen LogP contribution in [0.3, 0.4) is 0 Å². The lowest BCUT2D eigenvalue weighted by Gasteiger charge is -2.15. The smallest absolute Gasteiger partial charge is 0.253 e. The molecule has 1 aromatic heterocycles. The number of amides is 1. The number of hydrogen-bond acceptors (Lipinski definition) is 2. The molecule has 0 spiro atoms. The molecule has 0 aromatic carbocycles. The van der Waals surface area contributed by atoms with Crippen LogP contribution >= 0.6 is 43.2 Å². The summed E-state index contributed by atoms with van der Waals surface area (Å²) in [5.74, 6) is 0.605. The summed E-state index contributed by atoms with van der Waals surface area (Å²) in [6.45, 7) is 5.16. The summed E-state index contributed by atoms with van der Waals surface area (Å²) in [7, 11) is 0. The Balaban J connectivity index is 2.47. The number of halogens is 2. The number of thiophene rings is 1. The van der Waals surface area contributed by atoms with Gasteiger partial charge in [-0.25, -0.2) is 0 Å². The monoisotopic (exact) mass is 395 g/mol. The number of nitrogens with one attached hydrogen (secondary N) is 1. The highest BCUT2D eigenvalue weighted by atomic mass is 79.9. The summed E-state index contributed by atoms with van der Waals surface area (Å²) in [5.41, 5.74) is 0.720. The lowest BCUT2D eigenvalue weighted by atomic mass is 9.99. The Kier molecular flexibility index (Phi) is 7.49. The van der Waals surface area contributed by atoms with Gasteiger partial charge in [0.25, 0.3) is 5.91 Å². The molecule has 0 aliphatic carbocycles. The van der Waals surface area contributed by atoms with Crippen molar-refractivity contribution in [2.24, 2.45) is 5.92 Å². The van der Waals surface area contributed by atoms with Gasteiger partial charge in [-0.3, -0.25) is 4.79 Å². The molecule has 0 radical (unpaired) electrons. The molecule has 2 nitrogen and oxygen atoms in total. The molecule has 1 heterocycles. The molecule has 102 valence electrons. The summed E-state index contributed by atoms with van der Waals surface area (Å²) in [4.78, 5) is 12.0. The van der Waals surface area contributed by atoms with Crippen molar-refractivity contribution in [2.45, 2.75) is 39.5 Å². The Hall–Kier alpha value is 0.130. The number of carbonyl (C=O) groups is 1. The lowest BCUT2D eigenvalue weighted by Crippen LogP contribution is -2.29. The second-order valence-corrected chi connectivity index (χ2v) is 8.11. The Bertz CT molecular complexity index is 392. The number of hydrogen-bond donors (Lipinski definition) is 1. The molecule has 1 amide bonds. The van der Waals surface area contributed by atoms with Crippen molar-refractivity contribution in [3.8, 4) is 0 Å². The van der Waals surface area contributed by atoms with Crippen LogP contribution in [-0.2, 0) is 0 Å². The zero-order valence-corrected chi connectivity index (χ0v) is 14.8. The van der Waals surface area contributed by atoms with Gasteiger partial charge in [-0.05, 0) is 50.3 Å². The molecular formula is C13H19Br2NOS. The van der Waals surface area contributed by atoms with E-state index in [1.165, 1.54) is 30.6 Å². The molecule has 0 saturated carbocycles. The average Bonchev–Trinajstić information content (AvgIpc) is 2.68. The SMILES string of the molecule is CCCCC(CC)CNC(=O)c1cc(Br)sc1Br. The molecule has 18 heavy (non-hydrogen) atoms. The fourth-order valence-electron chi connectivity index (χ4n) is 1.77. The van der Waals surface area contributed by atoms with Gasteiger partial charge in [0.15, 0.2) is 0 Å². The van der Waals surface area contributed by atoms with Gasteiger partial charge >= 0.3 is 0 Å². The van der Waals surface area contributed by atoms with E-state index in [1.807, 2.05) is 6.07 Å². The van der Waals surface area contributed by atoms with E-state index in [-0.39, 0.29) is 5.91 Å². The molecule has 0 fully saturated rings. The topological polar surface area (TPSA) is 29.1 Å². The van der Waals surface area contributed by atoms with E-state index < -0.39 is 0 Å². The third-order valence-corrected chi connectivity index (χ3v) is 5.34. The van der Waals surface area contributed by atoms with Crippen LogP contribution in [-0.4, -0.2) is 12.5 Å². The van der Waals surface area contributed by atoms with Crippen LogP contribution in [0, 0.1) is 5.92 Å². The van der Waals surface area contributed by atoms with Gasteiger partial charge < -0.3 is 5.32 Å². The minimum Gasteiger partial charge on any atom is -0.352 e. The van der Waals surface area contributed by atoms with E-state index in [0.29, 0.717) is 5.92 Å². The first-order valence-corrected chi connectivity index (χ1v) is 8.71. The zero-order chi connectivity index (χ0) is 13.5. The van der Waals surface area contributed by atoms with E-state index in [0.717, 1.165) is 26.1 Å². The molecule has 1 unspecified atom stereocenters. The van der Waals surface area contributed by atoms with Gasteiger partial charge in [-0.15, -0.1) is 11.3 Å². The van der Waals surface area contributed by atoms with Crippen molar-refractivity contribution < 1.29 is 4.79 Å². The van der Waals surface area contributed by atoms with E-state index in [1.54, 1.807) is 0 Å². The normalized spacial score (nSPS) is 12.4. The van der Waals surface area contributed by atoms with Gasteiger partial charge in [-0.1, -0.05) is 33.1 Å². The van der Waals surface area contributed by atoms with Crippen LogP contribution < -0.4 is 5.32 Å². The quantitative estimate of drug-likeness (QED) is 0.672. The Morgan fingerprint density at radius 3 is 2.67 bits per heavy atom. The van der Waals surface area contributed by atoms with Crippen molar-refractivity contribution in [2.75, 3.05) is 6.54 Å². The molecule has 1 rings (SSSR count). The summed E-state index contributed by atoms with van der Waals surface area (Å²) >= 11 is 8.32. The van der Waals surface area contributed by atoms with Gasteiger partial charge in [0.1, 0.15) is 0 Å². The van der Waals surface area contributed by atoms with Gasteiger partial charge in [-0.2, -0.15) is 0 Å². The van der Waals surface area contributed by atoms with Crippen LogP contribution in [0.15, 0.2) is 13.6 Å². The number of rotatable bonds is 7. The average molecular weight is 397 g/mol. The van der Waals surface area contributed by atoms with Crippen LogP contribution in [0.5, 0.6) is 0 Å². The predicted octanol–water partition coefficient (Wildman–Crippen LogP) is 5.22. The minimum absolute atomic E-state index is 0.0128. The van der Waals surface area contributed by atoms with E-state index in [9.17, 15) is 4.79 Å². The fraction of sp³-hybridized carbons (Fsp3) is 0.615. The number of carbonyl (C=O) groups excluding carboxylic acids is 1. The molecule has 5 heteroatoms. The molecule has 0 saturated heterocycles. The predicted molar refractivity (Wildman–Crippen MR) is 85.4 cm³/mol. The first-order chi connectivity index (χ1) is 8.58. The number of unbranched alkanes of at least 4 members (excludes halogenated alkanes) is 1. The highest BCUT2D eigenvalue weighted by molar-refractivity contribution is 9.12. The maximum Gasteiger partial charge on any atom is 0.253 e. The van der Waals surface area contributed by atoms with Crippen molar-refractivity contribution >= 4 is 49.1 Å². The Morgan fingerprint density at radius 2 is 2.17 bits per heavy atom. The maximum atomic E-state index is 12.0. The first-order valence-electron chi connectivity index (χ1n) is 6.31. The first kappa shape index (κ1) is 16.2. The zero-order valence-electron chi connectivity index (χ0n) is 10.8. The van der Waals surface area contributed by atoms with E-state index >= 15 is 0 Å². The summed E-state index contributed by atoms with van der Waals surface area (Å²) in [5, 5.41) is 3.03. The molecule has 0 aliphatic heterocycles. The van der Waals surface area contributed by atoms with E-state index in [2.05, 4.69) is 51.0 Å². The summed E-state index contributed by atoms with van der Waals surface area (Å²) in [6.07, 6.45) is 4.77. The second-order valence-electron chi connectivity index (χ2n) is 4.36. The molecule has 0 bridgehead atoms. The standard InChI is InChI=1S/C13H19Br2NOS/c1-3-5-6-9(4-2)8-16-13(17)10-7-11(14)18-12(10)15/h7,9H,3-6,8H2,1-2H3,(H,16,17). The molecule has 1 atom stereocenters. The van der Waals surface area contributed by atoms with Crippen LogP contribution in [0.2, 0.25) is 0 Å². The molecule has 1 N–H and O–H groups in total. The van der Waals surface area contributed by atoms with Crippen molar-refractivity contribution in [1.82, 2.24) is 5.32 Å². The molecule has 1 aromatic rings. The van der Waals surface area contributed by atoms with Crippen LogP contribution in [0.4, 0.5) is 0 Å². The van der Waals surface area contributed by atoms with Crippen LogP contribution in [0.25, 0.3) is 0 Å². The fourth-order valence-corrected chi connectivity index (χ4v) is 4.56. The largest absolute Gasteiger partial charge is 0.352 e. The minimum atomic E-state index is 0.0128.